The molecule has 7 heteroatoms. The number of carbonyl (C=O) groups is 1. The van der Waals surface area contributed by atoms with E-state index in [0.29, 0.717) is 12.1 Å². The largest absolute Gasteiger partial charge is 0.348 e. The maximum Gasteiger partial charge on any atom is 0.251 e. The van der Waals surface area contributed by atoms with Gasteiger partial charge < -0.3 is 10.2 Å². The number of hydrogen-bond acceptors (Lipinski definition) is 5. The van der Waals surface area contributed by atoms with E-state index in [9.17, 15) is 4.79 Å². The first-order chi connectivity index (χ1) is 13.1. The van der Waals surface area contributed by atoms with Crippen molar-refractivity contribution in [3.8, 4) is 5.69 Å². The molecule has 6 nitrogen and oxygen atoms in total. The molecule has 1 aliphatic rings. The van der Waals surface area contributed by atoms with Gasteiger partial charge in [-0.1, -0.05) is 0 Å². The third-order valence-corrected chi connectivity index (χ3v) is 5.68. The summed E-state index contributed by atoms with van der Waals surface area (Å²) in [5, 5.41) is 10.5. The Morgan fingerprint density at radius 2 is 1.93 bits per heavy atom. The van der Waals surface area contributed by atoms with Crippen molar-refractivity contribution in [2.45, 2.75) is 33.2 Å². The van der Waals surface area contributed by atoms with Crippen LogP contribution >= 0.6 is 11.3 Å². The van der Waals surface area contributed by atoms with E-state index in [-0.39, 0.29) is 5.91 Å². The van der Waals surface area contributed by atoms with Crippen molar-refractivity contribution in [3.05, 3.63) is 58.4 Å². The van der Waals surface area contributed by atoms with Gasteiger partial charge in [-0.25, -0.2) is 9.67 Å². The van der Waals surface area contributed by atoms with Gasteiger partial charge in [0.15, 0.2) is 5.13 Å². The molecule has 1 fully saturated rings. The lowest BCUT2D eigenvalue weighted by Gasteiger charge is -2.12. The summed E-state index contributed by atoms with van der Waals surface area (Å²) in [7, 11) is 0. The lowest BCUT2D eigenvalue weighted by molar-refractivity contribution is 0.0950. The van der Waals surface area contributed by atoms with Crippen molar-refractivity contribution in [2.75, 3.05) is 18.0 Å². The van der Waals surface area contributed by atoms with Crippen molar-refractivity contribution >= 4 is 22.4 Å². The van der Waals surface area contributed by atoms with E-state index in [1.165, 1.54) is 12.8 Å². The van der Waals surface area contributed by atoms with Crippen LogP contribution in [0.15, 0.2) is 35.7 Å². The number of hydrogen-bond donors (Lipinski definition) is 1. The number of benzene rings is 1. The molecule has 0 bridgehead atoms. The minimum absolute atomic E-state index is 0.0920. The number of carbonyl (C=O) groups excluding carboxylic acids is 1. The molecule has 3 aromatic rings. The molecule has 140 valence electrons. The highest BCUT2D eigenvalue weighted by Gasteiger charge is 2.16. The first kappa shape index (κ1) is 17.7. The number of nitrogens with zero attached hydrogens (tertiary/aromatic N) is 4. The van der Waals surface area contributed by atoms with Crippen molar-refractivity contribution in [2.24, 2.45) is 0 Å². The van der Waals surface area contributed by atoms with E-state index < -0.39 is 0 Å². The van der Waals surface area contributed by atoms with Gasteiger partial charge in [-0.3, -0.25) is 4.79 Å². The smallest absolute Gasteiger partial charge is 0.251 e. The van der Waals surface area contributed by atoms with Crippen molar-refractivity contribution < 1.29 is 4.79 Å². The highest BCUT2D eigenvalue weighted by atomic mass is 32.1. The Hall–Kier alpha value is -2.67. The van der Waals surface area contributed by atoms with E-state index in [4.69, 9.17) is 0 Å². The average molecular weight is 382 g/mol. The molecule has 3 heterocycles. The Labute approximate surface area is 162 Å². The molecule has 0 unspecified atom stereocenters. The van der Waals surface area contributed by atoms with Crippen LogP contribution in [0.3, 0.4) is 0 Å². The number of aryl methyl sites for hydroxylation is 2. The monoisotopic (exact) mass is 381 g/mol. The fraction of sp³-hybridized carbons (Fsp3) is 0.350. The first-order valence-corrected chi connectivity index (χ1v) is 10.1. The van der Waals surface area contributed by atoms with Crippen molar-refractivity contribution in [3.63, 3.8) is 0 Å². The Kier molecular flexibility index (Phi) is 4.94. The van der Waals surface area contributed by atoms with E-state index in [1.807, 2.05) is 54.2 Å². The van der Waals surface area contributed by atoms with E-state index >= 15 is 0 Å². The van der Waals surface area contributed by atoms with Crippen LogP contribution in [0.2, 0.25) is 0 Å². The molecule has 27 heavy (non-hydrogen) atoms. The van der Waals surface area contributed by atoms with Crippen LogP contribution in [-0.2, 0) is 6.54 Å². The summed E-state index contributed by atoms with van der Waals surface area (Å²) < 4.78 is 1.88. The summed E-state index contributed by atoms with van der Waals surface area (Å²) in [5.74, 6) is -0.0920. The normalized spacial score (nSPS) is 13.9. The van der Waals surface area contributed by atoms with Gasteiger partial charge in [-0.05, 0) is 57.0 Å². The number of aromatic nitrogens is 3. The molecular weight excluding hydrogens is 358 g/mol. The summed E-state index contributed by atoms with van der Waals surface area (Å²) in [4.78, 5) is 19.4. The van der Waals surface area contributed by atoms with Gasteiger partial charge in [0.25, 0.3) is 5.91 Å². The topological polar surface area (TPSA) is 63.1 Å². The standard InChI is InChI=1S/C20H23N5OS/c1-14-11-15(2)25(23-14)18-7-5-16(6-8-18)19(26)21-12-17-13-27-20(22-17)24-9-3-4-10-24/h5-8,11,13H,3-4,9-10,12H2,1-2H3,(H,21,26). The molecule has 1 amide bonds. The molecule has 0 atom stereocenters. The lowest BCUT2D eigenvalue weighted by atomic mass is 10.2. The van der Waals surface area contributed by atoms with E-state index in [2.05, 4.69) is 20.3 Å². The maximum absolute atomic E-state index is 12.4. The summed E-state index contributed by atoms with van der Waals surface area (Å²) in [5.41, 5.74) is 4.55. The average Bonchev–Trinajstić information content (AvgIpc) is 3.40. The fourth-order valence-corrected chi connectivity index (χ4v) is 4.23. The second-order valence-corrected chi connectivity index (χ2v) is 7.72. The third kappa shape index (κ3) is 3.88. The SMILES string of the molecule is Cc1cc(C)n(-c2ccc(C(=O)NCc3csc(N4CCCC4)n3)cc2)n1. The lowest BCUT2D eigenvalue weighted by Crippen LogP contribution is -2.23. The quantitative estimate of drug-likeness (QED) is 0.735. The molecule has 1 saturated heterocycles. The Morgan fingerprint density at radius 3 is 2.59 bits per heavy atom. The predicted octanol–water partition coefficient (Wildman–Crippen LogP) is 3.48. The molecule has 2 aromatic heterocycles. The highest BCUT2D eigenvalue weighted by molar-refractivity contribution is 7.13. The van der Waals surface area contributed by atoms with E-state index in [1.54, 1.807) is 11.3 Å². The number of nitrogens with one attached hydrogen (secondary N) is 1. The van der Waals surface area contributed by atoms with Gasteiger partial charge in [-0.15, -0.1) is 11.3 Å². The summed E-state index contributed by atoms with van der Waals surface area (Å²) in [6.45, 7) is 6.61. The summed E-state index contributed by atoms with van der Waals surface area (Å²) >= 11 is 1.65. The predicted molar refractivity (Wildman–Crippen MR) is 108 cm³/mol. The van der Waals surface area contributed by atoms with Gasteiger partial charge in [0.05, 0.1) is 23.6 Å². The zero-order chi connectivity index (χ0) is 18.8. The van der Waals surface area contributed by atoms with Crippen LogP contribution in [0.4, 0.5) is 5.13 Å². The molecule has 0 radical (unpaired) electrons. The third-order valence-electron chi connectivity index (χ3n) is 4.73. The molecule has 1 N–H and O–H groups in total. The van der Waals surface area contributed by atoms with Crippen LogP contribution in [0, 0.1) is 13.8 Å². The molecule has 0 spiro atoms. The minimum Gasteiger partial charge on any atom is -0.348 e. The van der Waals surface area contributed by atoms with Gasteiger partial charge in [0.2, 0.25) is 0 Å². The number of thiazole rings is 1. The van der Waals surface area contributed by atoms with Gasteiger partial charge in [0.1, 0.15) is 0 Å². The number of anilines is 1. The van der Waals surface area contributed by atoms with Gasteiger partial charge in [0, 0.05) is 29.7 Å². The first-order valence-electron chi connectivity index (χ1n) is 9.21. The van der Waals surface area contributed by atoms with Crippen LogP contribution in [0.25, 0.3) is 5.69 Å². The molecular formula is C20H23N5OS. The van der Waals surface area contributed by atoms with Crippen LogP contribution in [0.1, 0.15) is 40.3 Å². The molecule has 0 saturated carbocycles. The van der Waals surface area contributed by atoms with Crippen molar-refractivity contribution in [1.29, 1.82) is 0 Å². The minimum atomic E-state index is -0.0920. The number of rotatable bonds is 5. The number of amides is 1. The van der Waals surface area contributed by atoms with Gasteiger partial charge in [-0.2, -0.15) is 5.10 Å². The van der Waals surface area contributed by atoms with Gasteiger partial charge >= 0.3 is 0 Å². The van der Waals surface area contributed by atoms with Crippen molar-refractivity contribution in [1.82, 2.24) is 20.1 Å². The second kappa shape index (κ2) is 7.52. The molecule has 1 aliphatic heterocycles. The Morgan fingerprint density at radius 1 is 1.19 bits per heavy atom. The zero-order valence-electron chi connectivity index (χ0n) is 15.6. The Balaban J connectivity index is 1.37. The van der Waals surface area contributed by atoms with E-state index in [0.717, 1.165) is 41.0 Å². The highest BCUT2D eigenvalue weighted by Crippen LogP contribution is 2.24. The molecule has 1 aromatic carbocycles. The Bertz CT molecular complexity index is 938. The van der Waals surface area contributed by atoms with Crippen LogP contribution in [-0.4, -0.2) is 33.8 Å². The fourth-order valence-electron chi connectivity index (χ4n) is 3.35. The summed E-state index contributed by atoms with van der Waals surface area (Å²) in [6.07, 6.45) is 2.47. The molecule has 4 rings (SSSR count). The zero-order valence-corrected chi connectivity index (χ0v) is 16.4. The maximum atomic E-state index is 12.4. The van der Waals surface area contributed by atoms with Crippen LogP contribution in [0.5, 0.6) is 0 Å². The summed E-state index contributed by atoms with van der Waals surface area (Å²) in [6, 6.07) is 9.53. The van der Waals surface area contributed by atoms with Crippen LogP contribution < -0.4 is 10.2 Å². The second-order valence-electron chi connectivity index (χ2n) is 6.88. The molecule has 0 aliphatic carbocycles.